The summed E-state index contributed by atoms with van der Waals surface area (Å²) in [6.07, 6.45) is 1.68. The number of aromatic amines is 1. The lowest BCUT2D eigenvalue weighted by Gasteiger charge is -2.31. The fourth-order valence-electron chi connectivity index (χ4n) is 2.58. The monoisotopic (exact) mass is 328 g/mol. The number of fused-ring (bicyclic) bond motifs is 1. The standard InChI is InChI=1S/C15H16N6OS/c1-20-6-8-21(9-7-20)15-19-13-11(23-15)14(22)18-12(17-13)10-4-2-3-5-16-10/h2-5H,6-9H2,1H3,(H,17,18,22). The number of pyridine rings is 1. The van der Waals surface area contributed by atoms with Crippen molar-refractivity contribution in [3.05, 3.63) is 34.7 Å². The predicted molar refractivity (Wildman–Crippen MR) is 91.0 cm³/mol. The number of anilines is 1. The maximum Gasteiger partial charge on any atom is 0.270 e. The topological polar surface area (TPSA) is 78.0 Å². The highest BCUT2D eigenvalue weighted by Crippen LogP contribution is 2.26. The Balaban J connectivity index is 1.74. The number of piperazine rings is 1. The zero-order valence-corrected chi connectivity index (χ0v) is 13.5. The Morgan fingerprint density at radius 3 is 2.74 bits per heavy atom. The Morgan fingerprint density at radius 2 is 2.00 bits per heavy atom. The third kappa shape index (κ3) is 2.71. The average Bonchev–Trinajstić information content (AvgIpc) is 3.01. The molecule has 0 saturated carbocycles. The molecule has 0 aromatic carbocycles. The molecule has 1 fully saturated rings. The van der Waals surface area contributed by atoms with Crippen molar-refractivity contribution in [2.45, 2.75) is 0 Å². The van der Waals surface area contributed by atoms with Crippen molar-refractivity contribution in [2.24, 2.45) is 0 Å². The van der Waals surface area contributed by atoms with Crippen molar-refractivity contribution in [1.82, 2.24) is 24.8 Å². The highest BCUT2D eigenvalue weighted by molar-refractivity contribution is 7.22. The van der Waals surface area contributed by atoms with E-state index >= 15 is 0 Å². The molecule has 0 aliphatic carbocycles. The fraction of sp³-hybridized carbons (Fsp3) is 0.333. The summed E-state index contributed by atoms with van der Waals surface area (Å²) < 4.78 is 0.568. The molecule has 0 radical (unpaired) electrons. The van der Waals surface area contributed by atoms with Crippen LogP contribution in [0.25, 0.3) is 21.9 Å². The van der Waals surface area contributed by atoms with E-state index in [0.29, 0.717) is 21.9 Å². The number of H-pyrrole nitrogens is 1. The van der Waals surface area contributed by atoms with Gasteiger partial charge < -0.3 is 14.8 Å². The first-order valence-electron chi connectivity index (χ1n) is 7.46. The van der Waals surface area contributed by atoms with E-state index in [0.717, 1.165) is 31.3 Å². The third-order valence-electron chi connectivity index (χ3n) is 3.94. The Kier molecular flexibility index (Phi) is 3.55. The van der Waals surface area contributed by atoms with Gasteiger partial charge in [-0.1, -0.05) is 17.4 Å². The number of aromatic nitrogens is 4. The van der Waals surface area contributed by atoms with Gasteiger partial charge in [0.15, 0.2) is 16.6 Å². The average molecular weight is 328 g/mol. The van der Waals surface area contributed by atoms with E-state index in [1.165, 1.54) is 11.3 Å². The molecule has 4 rings (SSSR count). The molecule has 23 heavy (non-hydrogen) atoms. The smallest absolute Gasteiger partial charge is 0.270 e. The van der Waals surface area contributed by atoms with E-state index in [2.05, 4.69) is 36.8 Å². The molecule has 3 aromatic heterocycles. The van der Waals surface area contributed by atoms with Gasteiger partial charge >= 0.3 is 0 Å². The van der Waals surface area contributed by atoms with Crippen molar-refractivity contribution < 1.29 is 0 Å². The number of nitrogens with zero attached hydrogens (tertiary/aromatic N) is 5. The second kappa shape index (κ2) is 5.71. The van der Waals surface area contributed by atoms with E-state index in [4.69, 9.17) is 0 Å². The molecule has 7 nitrogen and oxygen atoms in total. The van der Waals surface area contributed by atoms with Gasteiger partial charge in [0.2, 0.25) is 0 Å². The molecule has 0 amide bonds. The molecule has 1 aliphatic heterocycles. The maximum absolute atomic E-state index is 12.3. The van der Waals surface area contributed by atoms with Crippen LogP contribution >= 0.6 is 11.3 Å². The molecule has 0 bridgehead atoms. The molecule has 0 spiro atoms. The Morgan fingerprint density at radius 1 is 1.17 bits per heavy atom. The van der Waals surface area contributed by atoms with Gasteiger partial charge in [0.25, 0.3) is 5.56 Å². The summed E-state index contributed by atoms with van der Waals surface area (Å²) in [6, 6.07) is 5.51. The van der Waals surface area contributed by atoms with Crippen LogP contribution in [0.1, 0.15) is 0 Å². The SMILES string of the molecule is CN1CCN(c2nc3nc(-c4ccccn4)[nH]c(=O)c3s2)CC1. The van der Waals surface area contributed by atoms with Crippen molar-refractivity contribution in [1.29, 1.82) is 0 Å². The first-order chi connectivity index (χ1) is 11.2. The van der Waals surface area contributed by atoms with Crippen LogP contribution in [0, 0.1) is 0 Å². The number of nitrogens with one attached hydrogen (secondary N) is 1. The van der Waals surface area contributed by atoms with Crippen LogP contribution < -0.4 is 10.5 Å². The summed E-state index contributed by atoms with van der Waals surface area (Å²) in [5, 5.41) is 0.865. The van der Waals surface area contributed by atoms with Crippen LogP contribution in [-0.4, -0.2) is 58.1 Å². The maximum atomic E-state index is 12.3. The molecule has 1 saturated heterocycles. The predicted octanol–water partition coefficient (Wildman–Crippen LogP) is 1.19. The number of likely N-dealkylation sites (N-methyl/N-ethyl adjacent to an activating group) is 1. The van der Waals surface area contributed by atoms with E-state index in [9.17, 15) is 4.79 Å². The largest absolute Gasteiger partial charge is 0.345 e. The van der Waals surface area contributed by atoms with Crippen LogP contribution in [0.4, 0.5) is 5.13 Å². The molecule has 8 heteroatoms. The summed E-state index contributed by atoms with van der Waals surface area (Å²) in [6.45, 7) is 3.83. The van der Waals surface area contributed by atoms with Gasteiger partial charge in [0, 0.05) is 32.4 Å². The number of rotatable bonds is 2. The minimum atomic E-state index is -0.159. The molecular formula is C15H16N6OS. The zero-order chi connectivity index (χ0) is 15.8. The molecule has 0 atom stereocenters. The first kappa shape index (κ1) is 14.3. The summed E-state index contributed by atoms with van der Waals surface area (Å²) in [5.41, 5.74) is 0.975. The summed E-state index contributed by atoms with van der Waals surface area (Å²) in [4.78, 5) is 32.9. The highest BCUT2D eigenvalue weighted by atomic mass is 32.1. The molecular weight excluding hydrogens is 312 g/mol. The number of hydrogen-bond donors (Lipinski definition) is 1. The Hall–Kier alpha value is -2.32. The first-order valence-corrected chi connectivity index (χ1v) is 8.28. The van der Waals surface area contributed by atoms with Crippen LogP contribution in [0.3, 0.4) is 0 Å². The van der Waals surface area contributed by atoms with Gasteiger partial charge in [-0.3, -0.25) is 9.78 Å². The van der Waals surface area contributed by atoms with Crippen molar-refractivity contribution in [3.63, 3.8) is 0 Å². The molecule has 1 aliphatic rings. The highest BCUT2D eigenvalue weighted by Gasteiger charge is 2.19. The van der Waals surface area contributed by atoms with E-state index in [1.54, 1.807) is 6.20 Å². The van der Waals surface area contributed by atoms with Crippen LogP contribution in [-0.2, 0) is 0 Å². The lowest BCUT2D eigenvalue weighted by Crippen LogP contribution is -2.44. The van der Waals surface area contributed by atoms with Gasteiger partial charge in [-0.15, -0.1) is 0 Å². The van der Waals surface area contributed by atoms with Gasteiger partial charge in [0.05, 0.1) is 0 Å². The number of hydrogen-bond acceptors (Lipinski definition) is 7. The number of thiazole rings is 1. The molecule has 1 N–H and O–H groups in total. The quantitative estimate of drug-likeness (QED) is 0.761. The van der Waals surface area contributed by atoms with Gasteiger partial charge in [-0.05, 0) is 19.2 Å². The second-order valence-electron chi connectivity index (χ2n) is 5.57. The molecule has 0 unspecified atom stereocenters. The van der Waals surface area contributed by atoms with Gasteiger partial charge in [-0.2, -0.15) is 4.98 Å². The summed E-state index contributed by atoms with van der Waals surface area (Å²) in [5.74, 6) is 0.457. The summed E-state index contributed by atoms with van der Waals surface area (Å²) in [7, 11) is 2.11. The molecule has 118 valence electrons. The van der Waals surface area contributed by atoms with E-state index in [-0.39, 0.29) is 5.56 Å². The van der Waals surface area contributed by atoms with Gasteiger partial charge in [-0.25, -0.2) is 4.98 Å². The zero-order valence-electron chi connectivity index (χ0n) is 12.7. The van der Waals surface area contributed by atoms with E-state index < -0.39 is 0 Å². The van der Waals surface area contributed by atoms with Crippen molar-refractivity contribution in [3.8, 4) is 11.5 Å². The minimum Gasteiger partial charge on any atom is -0.345 e. The molecule has 3 aromatic rings. The van der Waals surface area contributed by atoms with Crippen molar-refractivity contribution >= 4 is 26.8 Å². The summed E-state index contributed by atoms with van der Waals surface area (Å²) >= 11 is 1.41. The van der Waals surface area contributed by atoms with Crippen LogP contribution in [0.5, 0.6) is 0 Å². The third-order valence-corrected chi connectivity index (χ3v) is 5.04. The Bertz CT molecular complexity index is 882. The normalized spacial score (nSPS) is 16.1. The Labute approximate surface area is 136 Å². The van der Waals surface area contributed by atoms with Gasteiger partial charge in [0.1, 0.15) is 10.4 Å². The fourth-order valence-corrected chi connectivity index (χ4v) is 3.53. The molecule has 4 heterocycles. The van der Waals surface area contributed by atoms with Crippen molar-refractivity contribution in [2.75, 3.05) is 38.1 Å². The lowest BCUT2D eigenvalue weighted by molar-refractivity contribution is 0.313. The minimum absolute atomic E-state index is 0.159. The van der Waals surface area contributed by atoms with Crippen LogP contribution in [0.15, 0.2) is 29.2 Å². The second-order valence-corrected chi connectivity index (χ2v) is 6.55. The van der Waals surface area contributed by atoms with Crippen LogP contribution in [0.2, 0.25) is 0 Å². The lowest BCUT2D eigenvalue weighted by atomic mass is 10.3. The van der Waals surface area contributed by atoms with E-state index in [1.807, 2.05) is 18.2 Å².